The summed E-state index contributed by atoms with van der Waals surface area (Å²) in [6, 6.07) is 10.5. The summed E-state index contributed by atoms with van der Waals surface area (Å²) in [6.07, 6.45) is -1.73. The maximum Gasteiger partial charge on any atom is 0.389 e. The Labute approximate surface area is 232 Å². The fraction of sp³-hybridized carbons (Fsp3) is 0.552. The molecule has 1 aliphatic carbocycles. The molecule has 2 heterocycles. The predicted octanol–water partition coefficient (Wildman–Crippen LogP) is 3.69. The lowest BCUT2D eigenvalue weighted by molar-refractivity contribution is -0.166. The van der Waals surface area contributed by atoms with Gasteiger partial charge in [-0.3, -0.25) is 14.4 Å². The number of amides is 2. The van der Waals surface area contributed by atoms with Gasteiger partial charge in [-0.1, -0.05) is 43.2 Å². The van der Waals surface area contributed by atoms with Gasteiger partial charge in [-0.25, -0.2) is 0 Å². The summed E-state index contributed by atoms with van der Waals surface area (Å²) in [4.78, 5) is 41.9. The Morgan fingerprint density at radius 3 is 2.25 bits per heavy atom. The second-order valence-corrected chi connectivity index (χ2v) is 10.8. The van der Waals surface area contributed by atoms with Crippen LogP contribution in [-0.2, 0) is 11.3 Å². The Kier molecular flexibility index (Phi) is 9.84. The van der Waals surface area contributed by atoms with Crippen LogP contribution in [0.3, 0.4) is 0 Å². The van der Waals surface area contributed by atoms with Crippen molar-refractivity contribution < 1.29 is 33.0 Å². The Morgan fingerprint density at radius 2 is 1.68 bits per heavy atom. The number of hydrogen-bond donors (Lipinski definition) is 2. The first-order valence-electron chi connectivity index (χ1n) is 13.4. The normalized spacial score (nSPS) is 20.1. The molecular formula is C29H38F3N3O5. The average Bonchev–Trinajstić information content (AvgIpc) is 3.40. The third kappa shape index (κ3) is 6.75. The zero-order valence-corrected chi connectivity index (χ0v) is 23.2. The third-order valence-corrected chi connectivity index (χ3v) is 8.09. The smallest absolute Gasteiger partial charge is 0.389 e. The number of hydrogen-bond acceptors (Lipinski definition) is 5. The van der Waals surface area contributed by atoms with E-state index in [1.807, 2.05) is 30.3 Å². The number of piperidine rings is 1. The Bertz CT molecular complexity index is 1240. The summed E-state index contributed by atoms with van der Waals surface area (Å²) < 4.78 is 39.4. The van der Waals surface area contributed by atoms with Crippen LogP contribution in [0.4, 0.5) is 13.2 Å². The van der Waals surface area contributed by atoms with Crippen molar-refractivity contribution in [3.8, 4) is 11.1 Å². The van der Waals surface area contributed by atoms with Crippen molar-refractivity contribution in [1.29, 1.82) is 0 Å². The first-order chi connectivity index (χ1) is 18.8. The van der Waals surface area contributed by atoms with Crippen molar-refractivity contribution in [2.45, 2.75) is 63.3 Å². The fourth-order valence-electron chi connectivity index (χ4n) is 5.96. The number of alkyl halides is 3. The molecule has 1 aromatic carbocycles. The summed E-state index contributed by atoms with van der Waals surface area (Å²) in [6.45, 7) is 0.189. The van der Waals surface area contributed by atoms with Gasteiger partial charge in [-0.05, 0) is 24.8 Å². The van der Waals surface area contributed by atoms with Crippen molar-refractivity contribution >= 4 is 11.8 Å². The molecule has 8 nitrogen and oxygen atoms in total. The van der Waals surface area contributed by atoms with Crippen LogP contribution in [0.2, 0.25) is 0 Å². The molecule has 0 unspecified atom stereocenters. The first kappa shape index (κ1) is 31.3. The molecule has 2 aromatic rings. The minimum Gasteiger partial charge on any atom is -0.400 e. The van der Waals surface area contributed by atoms with E-state index >= 15 is 0 Å². The highest BCUT2D eigenvalue weighted by atomic mass is 19.4. The van der Waals surface area contributed by atoms with Gasteiger partial charge in [0.25, 0.3) is 11.5 Å². The Balaban J connectivity index is 0.00000216. The minimum absolute atomic E-state index is 0.0702. The minimum atomic E-state index is -4.41. The van der Waals surface area contributed by atoms with Crippen LogP contribution in [0.1, 0.15) is 55.3 Å². The molecule has 4 rings (SSSR count). The standard InChI is InChI=1S/C28H34F3N3O4.CH4O/c1-32(2)25(37)22-17-34(24(36)16-21(22)20-8-4-3-5-9-20)19-27(38)14-15-33(18-26(27)11-6-7-12-26)23(35)10-13-28(29,30)31;1-2/h3-5,8-9,16-17,38H,6-7,10-15,18-19H2,1-2H3;2H,1H3/t27-;/m1./s1. The van der Waals surface area contributed by atoms with Gasteiger partial charge in [-0.15, -0.1) is 0 Å². The van der Waals surface area contributed by atoms with Crippen LogP contribution in [0.25, 0.3) is 11.1 Å². The van der Waals surface area contributed by atoms with Crippen molar-refractivity contribution in [3.63, 3.8) is 0 Å². The van der Waals surface area contributed by atoms with Crippen molar-refractivity contribution in [1.82, 2.24) is 14.4 Å². The molecule has 1 spiro atoms. The molecule has 0 bridgehead atoms. The van der Waals surface area contributed by atoms with Gasteiger partial charge in [0.2, 0.25) is 5.91 Å². The third-order valence-electron chi connectivity index (χ3n) is 8.09. The molecule has 0 radical (unpaired) electrons. The largest absolute Gasteiger partial charge is 0.400 e. The molecule has 11 heteroatoms. The Morgan fingerprint density at radius 1 is 1.05 bits per heavy atom. The summed E-state index contributed by atoms with van der Waals surface area (Å²) in [5, 5.41) is 19.0. The summed E-state index contributed by atoms with van der Waals surface area (Å²) in [5.41, 5.74) is -0.922. The van der Waals surface area contributed by atoms with Gasteiger partial charge in [0.05, 0.1) is 24.1 Å². The fourth-order valence-corrected chi connectivity index (χ4v) is 5.96. The molecule has 40 heavy (non-hydrogen) atoms. The van der Waals surface area contributed by atoms with Gasteiger partial charge in [0.15, 0.2) is 0 Å². The van der Waals surface area contributed by atoms with Gasteiger partial charge in [0, 0.05) is 64.0 Å². The molecule has 1 aliphatic heterocycles. The number of carbonyl (C=O) groups is 2. The lowest BCUT2D eigenvalue weighted by Gasteiger charge is -2.52. The molecule has 220 valence electrons. The maximum atomic E-state index is 13.3. The number of aliphatic hydroxyl groups excluding tert-OH is 1. The van der Waals surface area contributed by atoms with Crippen molar-refractivity contribution in [3.05, 3.63) is 58.5 Å². The number of carbonyl (C=O) groups excluding carboxylic acids is 2. The second kappa shape index (κ2) is 12.6. The Hall–Kier alpha value is -3.18. The molecule has 1 saturated heterocycles. The quantitative estimate of drug-likeness (QED) is 0.556. The molecule has 2 amide bonds. The molecule has 2 aliphatic rings. The number of nitrogens with zero attached hydrogens (tertiary/aromatic N) is 3. The van der Waals surface area contributed by atoms with Crippen LogP contribution in [0.15, 0.2) is 47.4 Å². The summed E-state index contributed by atoms with van der Waals surface area (Å²) in [5.74, 6) is -0.857. The average molecular weight is 566 g/mol. The number of pyridine rings is 1. The van der Waals surface area contributed by atoms with Gasteiger partial charge >= 0.3 is 6.18 Å². The summed E-state index contributed by atoms with van der Waals surface area (Å²) >= 11 is 0. The van der Waals surface area contributed by atoms with E-state index in [1.165, 1.54) is 26.6 Å². The topological polar surface area (TPSA) is 103 Å². The molecule has 1 aromatic heterocycles. The number of halogens is 3. The molecule has 1 atom stereocenters. The maximum absolute atomic E-state index is 13.3. The number of likely N-dealkylation sites (tertiary alicyclic amines) is 1. The molecule has 2 N–H and O–H groups in total. The zero-order chi connectivity index (χ0) is 29.7. The van der Waals surface area contributed by atoms with E-state index in [1.54, 1.807) is 14.1 Å². The SMILES string of the molecule is CN(C)C(=O)c1cn(C[C@]2(O)CCN(C(=O)CCC(F)(F)F)CC23CCCC3)c(=O)cc1-c1ccccc1.CO. The van der Waals surface area contributed by atoms with Crippen molar-refractivity contribution in [2.75, 3.05) is 34.3 Å². The highest BCUT2D eigenvalue weighted by Gasteiger charge is 2.55. The lowest BCUT2D eigenvalue weighted by atomic mass is 9.65. The number of aliphatic hydroxyl groups is 2. The van der Waals surface area contributed by atoms with E-state index in [0.717, 1.165) is 25.5 Å². The number of benzene rings is 1. The zero-order valence-electron chi connectivity index (χ0n) is 23.2. The number of aromatic nitrogens is 1. The van der Waals surface area contributed by atoms with Crippen LogP contribution in [0.5, 0.6) is 0 Å². The van der Waals surface area contributed by atoms with Gasteiger partial charge < -0.3 is 24.6 Å². The summed E-state index contributed by atoms with van der Waals surface area (Å²) in [7, 11) is 4.25. The highest BCUT2D eigenvalue weighted by Crippen LogP contribution is 2.51. The molecular weight excluding hydrogens is 527 g/mol. The van der Waals surface area contributed by atoms with E-state index in [2.05, 4.69) is 0 Å². The van der Waals surface area contributed by atoms with Gasteiger partial charge in [0.1, 0.15) is 0 Å². The molecule has 2 fully saturated rings. The van der Waals surface area contributed by atoms with Crippen LogP contribution < -0.4 is 5.56 Å². The van der Waals surface area contributed by atoms with E-state index < -0.39 is 35.9 Å². The first-order valence-corrected chi connectivity index (χ1v) is 13.4. The van der Waals surface area contributed by atoms with Crippen LogP contribution >= 0.6 is 0 Å². The highest BCUT2D eigenvalue weighted by molar-refractivity contribution is 6.00. The molecule has 1 saturated carbocycles. The van der Waals surface area contributed by atoms with Gasteiger partial charge in [-0.2, -0.15) is 13.2 Å². The van der Waals surface area contributed by atoms with Crippen LogP contribution in [0, 0.1) is 5.41 Å². The van der Waals surface area contributed by atoms with E-state index in [0.29, 0.717) is 24.0 Å². The van der Waals surface area contributed by atoms with E-state index in [9.17, 15) is 32.7 Å². The second-order valence-electron chi connectivity index (χ2n) is 10.8. The lowest BCUT2D eigenvalue weighted by Crippen LogP contribution is -2.62. The predicted molar refractivity (Wildman–Crippen MR) is 145 cm³/mol. The van der Waals surface area contributed by atoms with E-state index in [-0.39, 0.29) is 37.5 Å². The van der Waals surface area contributed by atoms with Crippen molar-refractivity contribution in [2.24, 2.45) is 5.41 Å². The van der Waals surface area contributed by atoms with Crippen LogP contribution in [-0.4, -0.2) is 82.5 Å². The monoisotopic (exact) mass is 565 g/mol. The van der Waals surface area contributed by atoms with E-state index in [4.69, 9.17) is 5.11 Å². The number of rotatable bonds is 6.